The van der Waals surface area contributed by atoms with Crippen LogP contribution in [0.4, 0.5) is 0 Å². The number of amides is 1. The third-order valence-electron chi connectivity index (χ3n) is 3.90. The average Bonchev–Trinajstić information content (AvgIpc) is 2.75. The molecule has 1 aromatic heterocycles. The van der Waals surface area contributed by atoms with Gasteiger partial charge in [0.05, 0.1) is 10.6 Å². The lowest BCUT2D eigenvalue weighted by molar-refractivity contribution is 0.0887. The molecule has 2 rings (SSSR count). The van der Waals surface area contributed by atoms with Crippen molar-refractivity contribution in [1.29, 1.82) is 0 Å². The molecule has 0 saturated carbocycles. The molecule has 2 aromatic rings. The van der Waals surface area contributed by atoms with Crippen molar-refractivity contribution in [3.8, 4) is 0 Å². The maximum atomic E-state index is 12.5. The molecule has 0 saturated heterocycles. The molecule has 0 aliphatic carbocycles. The number of halogens is 2. The van der Waals surface area contributed by atoms with Gasteiger partial charge in [0.15, 0.2) is 0 Å². The van der Waals surface area contributed by atoms with E-state index < -0.39 is 5.54 Å². The molecule has 21 heavy (non-hydrogen) atoms. The van der Waals surface area contributed by atoms with Crippen LogP contribution < -0.4 is 11.1 Å². The fraction of sp³-hybridized carbons (Fsp3) is 0.400. The molecular formula is C15H18Cl2N2OS. The van der Waals surface area contributed by atoms with Crippen LogP contribution in [0.1, 0.15) is 30.4 Å². The number of hydrogen-bond acceptors (Lipinski definition) is 3. The monoisotopic (exact) mass is 344 g/mol. The van der Waals surface area contributed by atoms with Crippen molar-refractivity contribution in [3.63, 3.8) is 0 Å². The molecule has 1 heterocycles. The Morgan fingerprint density at radius 3 is 2.67 bits per heavy atom. The van der Waals surface area contributed by atoms with E-state index in [-0.39, 0.29) is 11.8 Å². The van der Waals surface area contributed by atoms with Gasteiger partial charge < -0.3 is 11.1 Å². The third kappa shape index (κ3) is 3.19. The molecule has 0 aliphatic heterocycles. The molecular weight excluding hydrogens is 327 g/mol. The Kier molecular flexibility index (Phi) is 4.83. The highest BCUT2D eigenvalue weighted by molar-refractivity contribution is 7.21. The summed E-state index contributed by atoms with van der Waals surface area (Å²) in [5, 5.41) is 4.94. The summed E-state index contributed by atoms with van der Waals surface area (Å²) >= 11 is 13.6. The molecule has 3 nitrogen and oxygen atoms in total. The minimum absolute atomic E-state index is 0.195. The zero-order chi connectivity index (χ0) is 15.8. The molecule has 0 bridgehead atoms. The number of carbonyl (C=O) groups excluding carboxylic acids is 1. The van der Waals surface area contributed by atoms with Gasteiger partial charge >= 0.3 is 0 Å². The zero-order valence-electron chi connectivity index (χ0n) is 12.2. The molecule has 0 spiro atoms. The molecule has 114 valence electrons. The first-order chi connectivity index (χ1) is 9.78. The van der Waals surface area contributed by atoms with Crippen LogP contribution in [0.2, 0.25) is 10.0 Å². The lowest BCUT2D eigenvalue weighted by Crippen LogP contribution is -2.54. The quantitative estimate of drug-likeness (QED) is 0.867. The van der Waals surface area contributed by atoms with E-state index in [0.717, 1.165) is 10.1 Å². The van der Waals surface area contributed by atoms with E-state index in [1.165, 1.54) is 11.3 Å². The number of hydrogen-bond donors (Lipinski definition) is 2. The number of nitrogens with two attached hydrogens (primary N) is 1. The van der Waals surface area contributed by atoms with Crippen LogP contribution in [0.15, 0.2) is 18.2 Å². The van der Waals surface area contributed by atoms with Gasteiger partial charge in [0.2, 0.25) is 0 Å². The van der Waals surface area contributed by atoms with Gasteiger partial charge in [0.25, 0.3) is 5.91 Å². The number of carbonyl (C=O) groups is 1. The van der Waals surface area contributed by atoms with Gasteiger partial charge in [0.1, 0.15) is 4.88 Å². The van der Waals surface area contributed by atoms with Gasteiger partial charge in [-0.3, -0.25) is 4.79 Å². The summed E-state index contributed by atoms with van der Waals surface area (Å²) in [7, 11) is 0. The predicted molar refractivity (Wildman–Crippen MR) is 91.6 cm³/mol. The van der Waals surface area contributed by atoms with E-state index in [2.05, 4.69) is 5.32 Å². The maximum Gasteiger partial charge on any atom is 0.263 e. The minimum atomic E-state index is -0.464. The average molecular weight is 345 g/mol. The number of rotatable bonds is 4. The first kappa shape index (κ1) is 16.6. The first-order valence-corrected chi connectivity index (χ1v) is 8.26. The van der Waals surface area contributed by atoms with Crippen molar-refractivity contribution in [1.82, 2.24) is 5.32 Å². The van der Waals surface area contributed by atoms with Crippen LogP contribution in [0, 0.1) is 5.92 Å². The van der Waals surface area contributed by atoms with E-state index in [0.29, 0.717) is 21.5 Å². The van der Waals surface area contributed by atoms with Crippen molar-refractivity contribution in [3.05, 3.63) is 33.1 Å². The molecule has 1 amide bonds. The second-order valence-electron chi connectivity index (χ2n) is 5.62. The number of benzene rings is 1. The van der Waals surface area contributed by atoms with Crippen molar-refractivity contribution in [2.45, 2.75) is 26.3 Å². The Morgan fingerprint density at radius 2 is 2.10 bits per heavy atom. The summed E-state index contributed by atoms with van der Waals surface area (Å²) in [5.74, 6) is 0.0213. The van der Waals surface area contributed by atoms with E-state index >= 15 is 0 Å². The van der Waals surface area contributed by atoms with Gasteiger partial charge in [-0.25, -0.2) is 0 Å². The minimum Gasteiger partial charge on any atom is -0.345 e. The highest BCUT2D eigenvalue weighted by atomic mass is 35.5. The Balaban J connectivity index is 2.38. The molecule has 0 aliphatic rings. The van der Waals surface area contributed by atoms with Crippen LogP contribution in [0.25, 0.3) is 10.1 Å². The van der Waals surface area contributed by atoms with Crippen LogP contribution >= 0.6 is 34.5 Å². The molecule has 1 unspecified atom stereocenters. The van der Waals surface area contributed by atoms with Crippen LogP contribution in [0.3, 0.4) is 0 Å². The van der Waals surface area contributed by atoms with Crippen LogP contribution in [-0.4, -0.2) is 18.0 Å². The second-order valence-corrected chi connectivity index (χ2v) is 7.48. The Labute approximate surface area is 138 Å². The van der Waals surface area contributed by atoms with Crippen molar-refractivity contribution in [2.24, 2.45) is 11.7 Å². The van der Waals surface area contributed by atoms with Gasteiger partial charge in [-0.05, 0) is 25.0 Å². The number of fused-ring (bicyclic) bond motifs is 1. The predicted octanol–water partition coefficient (Wildman–Crippen LogP) is 4.31. The van der Waals surface area contributed by atoms with Gasteiger partial charge in [-0.1, -0.05) is 43.1 Å². The highest BCUT2D eigenvalue weighted by Crippen LogP contribution is 2.37. The standard InChI is InChI=1S/C15H18Cl2N2OS/c1-8(2)15(3,7-18)19-14(20)13-12(17)10-5-4-9(16)6-11(10)21-13/h4-6,8H,7,18H2,1-3H3,(H,19,20). The maximum absolute atomic E-state index is 12.5. The highest BCUT2D eigenvalue weighted by Gasteiger charge is 2.30. The normalized spacial score (nSPS) is 14.4. The van der Waals surface area contributed by atoms with Gasteiger partial charge in [-0.15, -0.1) is 11.3 Å². The fourth-order valence-corrected chi connectivity index (χ4v) is 3.62. The Hall–Kier alpha value is -0.810. The summed E-state index contributed by atoms with van der Waals surface area (Å²) in [6.45, 7) is 6.36. The van der Waals surface area contributed by atoms with Gasteiger partial charge in [-0.2, -0.15) is 0 Å². The van der Waals surface area contributed by atoms with Gasteiger partial charge in [0, 0.05) is 21.7 Å². The molecule has 3 N–H and O–H groups in total. The van der Waals surface area contributed by atoms with E-state index in [1.807, 2.05) is 32.9 Å². The largest absolute Gasteiger partial charge is 0.345 e. The summed E-state index contributed by atoms with van der Waals surface area (Å²) in [6, 6.07) is 5.41. The fourth-order valence-electron chi connectivity index (χ4n) is 1.93. The van der Waals surface area contributed by atoms with E-state index in [9.17, 15) is 4.79 Å². The Morgan fingerprint density at radius 1 is 1.43 bits per heavy atom. The third-order valence-corrected chi connectivity index (χ3v) is 5.79. The van der Waals surface area contributed by atoms with E-state index in [4.69, 9.17) is 28.9 Å². The van der Waals surface area contributed by atoms with Crippen molar-refractivity contribution in [2.75, 3.05) is 6.54 Å². The van der Waals surface area contributed by atoms with Crippen molar-refractivity contribution >= 4 is 50.5 Å². The molecule has 0 fully saturated rings. The lowest BCUT2D eigenvalue weighted by atomic mass is 9.88. The molecule has 1 atom stereocenters. The second kappa shape index (κ2) is 6.13. The van der Waals surface area contributed by atoms with Crippen molar-refractivity contribution < 1.29 is 4.79 Å². The molecule has 0 radical (unpaired) electrons. The smallest absolute Gasteiger partial charge is 0.263 e. The topological polar surface area (TPSA) is 55.1 Å². The van der Waals surface area contributed by atoms with Crippen LogP contribution in [0.5, 0.6) is 0 Å². The number of thiophene rings is 1. The summed E-state index contributed by atoms with van der Waals surface area (Å²) in [5.41, 5.74) is 5.34. The molecule has 6 heteroatoms. The molecule has 1 aromatic carbocycles. The van der Waals surface area contributed by atoms with Crippen LogP contribution in [-0.2, 0) is 0 Å². The zero-order valence-corrected chi connectivity index (χ0v) is 14.5. The first-order valence-electron chi connectivity index (χ1n) is 6.68. The van der Waals surface area contributed by atoms with E-state index in [1.54, 1.807) is 6.07 Å². The Bertz CT molecular complexity index is 684. The summed E-state index contributed by atoms with van der Waals surface area (Å²) < 4.78 is 0.900. The summed E-state index contributed by atoms with van der Waals surface area (Å²) in [6.07, 6.45) is 0. The summed E-state index contributed by atoms with van der Waals surface area (Å²) in [4.78, 5) is 13.0. The number of nitrogens with one attached hydrogen (secondary N) is 1. The lowest BCUT2D eigenvalue weighted by Gasteiger charge is -2.33. The SMILES string of the molecule is CC(C)C(C)(CN)NC(=O)c1sc2cc(Cl)ccc2c1Cl.